The highest BCUT2D eigenvalue weighted by Gasteiger charge is 2.36. The van der Waals surface area contributed by atoms with Gasteiger partial charge in [-0.1, -0.05) is 40.9 Å². The zero-order valence-electron chi connectivity index (χ0n) is 20.9. The minimum Gasteiger partial charge on any atom is -0.495 e. The first-order valence-corrected chi connectivity index (χ1v) is 14.2. The number of thioether (sulfide) groups is 1. The highest BCUT2D eigenvalue weighted by Crippen LogP contribution is 2.40. The molecule has 1 aliphatic rings. The van der Waals surface area contributed by atoms with Crippen LogP contribution in [-0.2, 0) is 16.2 Å². The van der Waals surface area contributed by atoms with Crippen molar-refractivity contribution >= 4 is 91.3 Å². The summed E-state index contributed by atoms with van der Waals surface area (Å²) in [4.78, 5) is 39.1. The molecule has 208 valence electrons. The predicted octanol–water partition coefficient (Wildman–Crippen LogP) is 7.68. The molecule has 0 aliphatic carbocycles. The van der Waals surface area contributed by atoms with E-state index in [1.54, 1.807) is 48.5 Å². The van der Waals surface area contributed by atoms with Gasteiger partial charge in [0.2, 0.25) is 5.91 Å². The van der Waals surface area contributed by atoms with Crippen LogP contribution in [0.1, 0.15) is 11.1 Å². The molecule has 3 amide bonds. The lowest BCUT2D eigenvalue weighted by Crippen LogP contribution is -2.36. The fraction of sp³-hybridized carbons (Fsp3) is 0.148. The maximum Gasteiger partial charge on any atom is 0.294 e. The number of halogens is 4. The van der Waals surface area contributed by atoms with Gasteiger partial charge in [0.25, 0.3) is 11.1 Å². The molecule has 1 heterocycles. The second-order valence-electron chi connectivity index (χ2n) is 8.22. The zero-order chi connectivity index (χ0) is 29.0. The van der Waals surface area contributed by atoms with E-state index >= 15 is 0 Å². The van der Waals surface area contributed by atoms with Crippen molar-refractivity contribution in [2.75, 3.05) is 26.1 Å². The number of amides is 3. The third-order valence-corrected chi connectivity index (χ3v) is 7.93. The van der Waals surface area contributed by atoms with E-state index in [9.17, 15) is 14.4 Å². The van der Waals surface area contributed by atoms with E-state index in [2.05, 4.69) is 21.2 Å². The van der Waals surface area contributed by atoms with Gasteiger partial charge in [0, 0.05) is 21.3 Å². The number of rotatable bonds is 9. The fourth-order valence-electron chi connectivity index (χ4n) is 3.63. The smallest absolute Gasteiger partial charge is 0.294 e. The topological polar surface area (TPSA) is 94.2 Å². The van der Waals surface area contributed by atoms with E-state index in [1.807, 2.05) is 0 Å². The summed E-state index contributed by atoms with van der Waals surface area (Å²) in [7, 11) is 2.96. The molecule has 1 N–H and O–H groups in total. The van der Waals surface area contributed by atoms with Gasteiger partial charge in [0.15, 0.2) is 11.5 Å². The van der Waals surface area contributed by atoms with Gasteiger partial charge in [-0.05, 0) is 81.8 Å². The highest BCUT2D eigenvalue weighted by molar-refractivity contribution is 9.10. The molecule has 1 saturated heterocycles. The van der Waals surface area contributed by atoms with E-state index < -0.39 is 23.6 Å². The number of anilines is 1. The molecule has 0 atom stereocenters. The number of carbonyl (C=O) groups excluding carboxylic acids is 3. The molecule has 40 heavy (non-hydrogen) atoms. The first-order valence-electron chi connectivity index (χ1n) is 11.4. The maximum absolute atomic E-state index is 13.0. The van der Waals surface area contributed by atoms with Crippen molar-refractivity contribution in [3.8, 4) is 17.2 Å². The molecule has 0 radical (unpaired) electrons. The van der Waals surface area contributed by atoms with Crippen molar-refractivity contribution in [2.24, 2.45) is 0 Å². The van der Waals surface area contributed by atoms with Gasteiger partial charge in [-0.15, -0.1) is 0 Å². The third-order valence-electron chi connectivity index (χ3n) is 5.55. The van der Waals surface area contributed by atoms with Crippen molar-refractivity contribution in [2.45, 2.75) is 6.61 Å². The van der Waals surface area contributed by atoms with Crippen LogP contribution in [0.2, 0.25) is 15.1 Å². The average molecular weight is 687 g/mol. The van der Waals surface area contributed by atoms with Crippen LogP contribution in [0.4, 0.5) is 10.5 Å². The minimum absolute atomic E-state index is 0.154. The molecule has 0 unspecified atom stereocenters. The van der Waals surface area contributed by atoms with Gasteiger partial charge in [-0.25, -0.2) is 0 Å². The standard InChI is InChI=1S/C27H20BrCl3N2O6S/c1-37-21-6-5-17(11-20(21)31)32-24(34)12-33-26(35)23(40-27(33)36)9-14-7-18(28)25(22(8-14)38-2)39-13-15-3-4-16(29)10-19(15)30/h3-11H,12-13H2,1-2H3,(H,32,34)/b23-9+. The second kappa shape index (κ2) is 13.2. The van der Waals surface area contributed by atoms with Crippen molar-refractivity contribution in [1.82, 2.24) is 4.90 Å². The van der Waals surface area contributed by atoms with Crippen molar-refractivity contribution in [3.05, 3.63) is 84.1 Å². The van der Waals surface area contributed by atoms with Gasteiger partial charge in [0.05, 0.1) is 28.6 Å². The summed E-state index contributed by atoms with van der Waals surface area (Å²) < 4.78 is 17.1. The molecule has 8 nitrogen and oxygen atoms in total. The lowest BCUT2D eigenvalue weighted by atomic mass is 10.1. The molecule has 0 aromatic heterocycles. The van der Waals surface area contributed by atoms with E-state index in [4.69, 9.17) is 49.0 Å². The minimum atomic E-state index is -0.592. The molecule has 0 saturated carbocycles. The van der Waals surface area contributed by atoms with Crippen LogP contribution in [0.25, 0.3) is 6.08 Å². The summed E-state index contributed by atoms with van der Waals surface area (Å²) in [6.07, 6.45) is 1.54. The predicted molar refractivity (Wildman–Crippen MR) is 161 cm³/mol. The van der Waals surface area contributed by atoms with E-state index in [1.165, 1.54) is 20.3 Å². The molecule has 0 bridgehead atoms. The molecule has 1 aliphatic heterocycles. The van der Waals surface area contributed by atoms with E-state index in [0.29, 0.717) is 48.0 Å². The van der Waals surface area contributed by atoms with Gasteiger partial charge < -0.3 is 19.5 Å². The van der Waals surface area contributed by atoms with Gasteiger partial charge in [-0.2, -0.15) is 0 Å². The van der Waals surface area contributed by atoms with Crippen LogP contribution in [0, 0.1) is 0 Å². The Morgan fingerprint density at radius 3 is 2.42 bits per heavy atom. The Morgan fingerprint density at radius 1 is 1.00 bits per heavy atom. The molecule has 3 aromatic carbocycles. The number of ether oxygens (including phenoxy) is 3. The van der Waals surface area contributed by atoms with Crippen LogP contribution < -0.4 is 19.5 Å². The number of nitrogens with zero attached hydrogens (tertiary/aromatic N) is 1. The van der Waals surface area contributed by atoms with Gasteiger partial charge >= 0.3 is 0 Å². The molecular formula is C27H20BrCl3N2O6S. The number of carbonyl (C=O) groups is 3. The summed E-state index contributed by atoms with van der Waals surface area (Å²) in [5, 5.41) is 3.35. The number of nitrogens with one attached hydrogen (secondary N) is 1. The van der Waals surface area contributed by atoms with Crippen LogP contribution in [0.3, 0.4) is 0 Å². The van der Waals surface area contributed by atoms with Gasteiger partial charge in [-0.3, -0.25) is 19.3 Å². The first kappa shape index (κ1) is 30.1. The fourth-order valence-corrected chi connectivity index (χ4v) is 5.76. The maximum atomic E-state index is 13.0. The summed E-state index contributed by atoms with van der Waals surface area (Å²) in [6, 6.07) is 13.2. The largest absolute Gasteiger partial charge is 0.495 e. The van der Waals surface area contributed by atoms with E-state index in [0.717, 1.165) is 22.2 Å². The zero-order valence-corrected chi connectivity index (χ0v) is 25.6. The Kier molecular flexibility index (Phi) is 9.91. The van der Waals surface area contributed by atoms with Crippen molar-refractivity contribution in [1.29, 1.82) is 0 Å². The Hall–Kier alpha value is -2.89. The summed E-state index contributed by atoms with van der Waals surface area (Å²) in [5.74, 6) is 0.114. The monoisotopic (exact) mass is 684 g/mol. The lowest BCUT2D eigenvalue weighted by Gasteiger charge is -2.14. The molecule has 3 aromatic rings. The molecule has 0 spiro atoms. The Morgan fingerprint density at radius 2 is 1.75 bits per heavy atom. The van der Waals surface area contributed by atoms with Crippen molar-refractivity contribution < 1.29 is 28.6 Å². The van der Waals surface area contributed by atoms with Gasteiger partial charge in [0.1, 0.15) is 18.9 Å². The lowest BCUT2D eigenvalue weighted by molar-refractivity contribution is -0.127. The highest BCUT2D eigenvalue weighted by atomic mass is 79.9. The summed E-state index contributed by atoms with van der Waals surface area (Å²) in [5.41, 5.74) is 1.70. The Balaban J connectivity index is 1.46. The van der Waals surface area contributed by atoms with Crippen LogP contribution >= 0.6 is 62.5 Å². The molecule has 13 heteroatoms. The van der Waals surface area contributed by atoms with Crippen LogP contribution in [0.15, 0.2) is 57.9 Å². The third kappa shape index (κ3) is 7.05. The number of imide groups is 1. The SMILES string of the molecule is COc1ccc(NC(=O)CN2C(=O)S/C(=C/c3cc(Br)c(OCc4ccc(Cl)cc4Cl)c(OC)c3)C2=O)cc1Cl. The number of benzene rings is 3. The quantitative estimate of drug-likeness (QED) is 0.231. The normalized spacial score (nSPS) is 14.1. The van der Waals surface area contributed by atoms with Crippen LogP contribution in [-0.4, -0.2) is 42.7 Å². The number of hydrogen-bond donors (Lipinski definition) is 1. The molecular weight excluding hydrogens is 667 g/mol. The second-order valence-corrected chi connectivity index (χ2v) is 11.3. The first-order chi connectivity index (χ1) is 19.1. The number of methoxy groups -OCH3 is 2. The Labute approximate surface area is 257 Å². The summed E-state index contributed by atoms with van der Waals surface area (Å²) >= 11 is 22.5. The van der Waals surface area contributed by atoms with E-state index in [-0.39, 0.29) is 11.5 Å². The summed E-state index contributed by atoms with van der Waals surface area (Å²) in [6.45, 7) is -0.299. The molecule has 1 fully saturated rings. The Bertz CT molecular complexity index is 1530. The van der Waals surface area contributed by atoms with Crippen molar-refractivity contribution in [3.63, 3.8) is 0 Å². The molecule has 4 rings (SSSR count). The number of hydrogen-bond acceptors (Lipinski definition) is 7. The average Bonchev–Trinajstić information content (AvgIpc) is 3.16. The van der Waals surface area contributed by atoms with Crippen LogP contribution in [0.5, 0.6) is 17.2 Å².